The summed E-state index contributed by atoms with van der Waals surface area (Å²) in [6.07, 6.45) is 10.8. The lowest BCUT2D eigenvalue weighted by molar-refractivity contribution is 1.10. The first-order valence-electron chi connectivity index (χ1n) is 7.70. The van der Waals surface area contributed by atoms with Crippen LogP contribution in [-0.2, 0) is 12.8 Å². The van der Waals surface area contributed by atoms with E-state index in [1.807, 2.05) is 6.92 Å². The minimum Gasteiger partial charge on any atom is -0.0961 e. The van der Waals surface area contributed by atoms with Crippen molar-refractivity contribution in [1.29, 1.82) is 0 Å². The second kappa shape index (κ2) is 8.46. The first-order chi connectivity index (χ1) is 9.93. The van der Waals surface area contributed by atoms with E-state index in [9.17, 15) is 0 Å². The molecule has 0 aliphatic rings. The Morgan fingerprint density at radius 2 is 1.71 bits per heavy atom. The van der Waals surface area contributed by atoms with Gasteiger partial charge in [-0.3, -0.25) is 0 Å². The van der Waals surface area contributed by atoms with Gasteiger partial charge in [0.2, 0.25) is 0 Å². The maximum absolute atomic E-state index is 3.89. The third-order valence-electron chi connectivity index (χ3n) is 3.77. The fraction of sp³-hybridized carbons (Fsp3) is 0.333. The van der Waals surface area contributed by atoms with Gasteiger partial charge in [-0.2, -0.15) is 0 Å². The minimum absolute atomic E-state index is 0.995. The third-order valence-corrected chi connectivity index (χ3v) is 3.77. The average molecular weight is 280 g/mol. The monoisotopic (exact) mass is 280 g/mol. The summed E-state index contributed by atoms with van der Waals surface area (Å²) >= 11 is 0. The van der Waals surface area contributed by atoms with Crippen LogP contribution in [0.1, 0.15) is 44.4 Å². The van der Waals surface area contributed by atoms with Crippen LogP contribution in [0.25, 0.3) is 0 Å². The SMILES string of the molecule is C=C(C)C=C/C(C)=C(C)\C=C/Cc1cc(CC)ccc1C. The minimum atomic E-state index is 0.995. The Labute approximate surface area is 130 Å². The second-order valence-corrected chi connectivity index (χ2v) is 5.77. The van der Waals surface area contributed by atoms with Crippen LogP contribution in [0.5, 0.6) is 0 Å². The molecule has 0 fully saturated rings. The van der Waals surface area contributed by atoms with Crippen LogP contribution in [0.2, 0.25) is 0 Å². The van der Waals surface area contributed by atoms with Crippen LogP contribution in [0.4, 0.5) is 0 Å². The number of aryl methyl sites for hydroxylation is 2. The van der Waals surface area contributed by atoms with Gasteiger partial charge >= 0.3 is 0 Å². The molecule has 0 amide bonds. The highest BCUT2D eigenvalue weighted by Gasteiger charge is 1.98. The van der Waals surface area contributed by atoms with Gasteiger partial charge in [0.1, 0.15) is 0 Å². The van der Waals surface area contributed by atoms with Gasteiger partial charge in [-0.1, -0.05) is 61.6 Å². The zero-order valence-corrected chi connectivity index (χ0v) is 14.2. The highest BCUT2D eigenvalue weighted by molar-refractivity contribution is 5.35. The molecule has 0 aromatic heterocycles. The summed E-state index contributed by atoms with van der Waals surface area (Å²) in [4.78, 5) is 0. The van der Waals surface area contributed by atoms with Gasteiger partial charge in [0.25, 0.3) is 0 Å². The summed E-state index contributed by atoms with van der Waals surface area (Å²) in [6, 6.07) is 6.78. The Balaban J connectivity index is 2.78. The first kappa shape index (κ1) is 17.2. The molecule has 0 bridgehead atoms. The van der Waals surface area contributed by atoms with E-state index in [0.717, 1.165) is 18.4 Å². The Morgan fingerprint density at radius 1 is 1.05 bits per heavy atom. The van der Waals surface area contributed by atoms with Gasteiger partial charge in [0.15, 0.2) is 0 Å². The Hall–Kier alpha value is -1.82. The highest BCUT2D eigenvalue weighted by Crippen LogP contribution is 2.14. The van der Waals surface area contributed by atoms with Crippen molar-refractivity contribution in [1.82, 2.24) is 0 Å². The molecule has 0 atom stereocenters. The van der Waals surface area contributed by atoms with Crippen molar-refractivity contribution in [3.8, 4) is 0 Å². The normalized spacial score (nSPS) is 13.0. The van der Waals surface area contributed by atoms with Gasteiger partial charge < -0.3 is 0 Å². The molecule has 0 radical (unpaired) electrons. The number of hydrogen-bond donors (Lipinski definition) is 0. The van der Waals surface area contributed by atoms with E-state index >= 15 is 0 Å². The molecule has 1 rings (SSSR count). The van der Waals surface area contributed by atoms with Crippen molar-refractivity contribution in [2.45, 2.75) is 47.5 Å². The quantitative estimate of drug-likeness (QED) is 0.550. The van der Waals surface area contributed by atoms with Crippen molar-refractivity contribution < 1.29 is 0 Å². The van der Waals surface area contributed by atoms with Crippen molar-refractivity contribution in [3.63, 3.8) is 0 Å². The fourth-order valence-corrected chi connectivity index (χ4v) is 2.06. The van der Waals surface area contributed by atoms with Crippen molar-refractivity contribution >= 4 is 0 Å². The molecule has 0 aliphatic heterocycles. The molecule has 0 spiro atoms. The zero-order valence-electron chi connectivity index (χ0n) is 14.2. The lowest BCUT2D eigenvalue weighted by atomic mass is 10.0. The molecule has 112 valence electrons. The Morgan fingerprint density at radius 3 is 2.33 bits per heavy atom. The van der Waals surface area contributed by atoms with Crippen LogP contribution in [0, 0.1) is 6.92 Å². The Kier molecular flexibility index (Phi) is 6.94. The van der Waals surface area contributed by atoms with Crippen LogP contribution < -0.4 is 0 Å². The van der Waals surface area contributed by atoms with Crippen LogP contribution in [-0.4, -0.2) is 0 Å². The molecule has 0 heterocycles. The van der Waals surface area contributed by atoms with Crippen LogP contribution in [0.15, 0.2) is 65.8 Å². The molecule has 0 nitrogen and oxygen atoms in total. The maximum Gasteiger partial charge on any atom is -0.00915 e. The summed E-state index contributed by atoms with van der Waals surface area (Å²) < 4.78 is 0. The predicted octanol–water partition coefficient (Wildman–Crippen LogP) is 6.12. The fourth-order valence-electron chi connectivity index (χ4n) is 2.06. The standard InChI is InChI=1S/C21H28/c1-7-20-14-13-19(6)21(15-20)10-8-9-17(4)18(5)12-11-16(2)3/h8-9,11-15H,2,7,10H2,1,3-6H3/b9-8-,12-11?,18-17-. The average Bonchev–Trinajstić information content (AvgIpc) is 2.46. The van der Waals surface area contributed by atoms with E-state index < -0.39 is 0 Å². The maximum atomic E-state index is 3.89. The Bertz CT molecular complexity index is 580. The molecule has 0 saturated carbocycles. The molecule has 0 N–H and O–H groups in total. The van der Waals surface area contributed by atoms with E-state index in [1.54, 1.807) is 0 Å². The summed E-state index contributed by atoms with van der Waals surface area (Å²) in [5, 5.41) is 0. The van der Waals surface area contributed by atoms with Crippen molar-refractivity contribution in [2.24, 2.45) is 0 Å². The van der Waals surface area contributed by atoms with Gasteiger partial charge in [-0.05, 0) is 68.4 Å². The summed E-state index contributed by atoms with van der Waals surface area (Å²) in [6.45, 7) is 14.6. The van der Waals surface area contributed by atoms with Crippen molar-refractivity contribution in [3.05, 3.63) is 82.5 Å². The van der Waals surface area contributed by atoms with Crippen LogP contribution >= 0.6 is 0 Å². The van der Waals surface area contributed by atoms with Gasteiger partial charge in [-0.25, -0.2) is 0 Å². The summed E-state index contributed by atoms with van der Waals surface area (Å²) in [5.74, 6) is 0. The predicted molar refractivity (Wildman–Crippen MR) is 95.7 cm³/mol. The van der Waals surface area contributed by atoms with Gasteiger partial charge in [-0.15, -0.1) is 0 Å². The molecule has 1 aromatic carbocycles. The van der Waals surface area contributed by atoms with Crippen LogP contribution in [0.3, 0.4) is 0 Å². The van der Waals surface area contributed by atoms with E-state index in [1.165, 1.54) is 27.8 Å². The van der Waals surface area contributed by atoms with E-state index in [-0.39, 0.29) is 0 Å². The smallest absolute Gasteiger partial charge is 0.00915 e. The highest BCUT2D eigenvalue weighted by atomic mass is 14.0. The van der Waals surface area contributed by atoms with E-state index in [0.29, 0.717) is 0 Å². The largest absolute Gasteiger partial charge is 0.0961 e. The topological polar surface area (TPSA) is 0 Å². The summed E-state index contributed by atoms with van der Waals surface area (Å²) in [7, 11) is 0. The zero-order chi connectivity index (χ0) is 15.8. The lowest BCUT2D eigenvalue weighted by Crippen LogP contribution is -1.90. The van der Waals surface area contributed by atoms with Crippen molar-refractivity contribution in [2.75, 3.05) is 0 Å². The molecule has 0 heteroatoms. The first-order valence-corrected chi connectivity index (χ1v) is 7.70. The number of benzene rings is 1. The van der Waals surface area contributed by atoms with E-state index in [4.69, 9.17) is 0 Å². The lowest BCUT2D eigenvalue weighted by Gasteiger charge is -2.06. The number of allylic oxidation sites excluding steroid dienone is 7. The number of hydrogen-bond acceptors (Lipinski definition) is 0. The molecule has 1 aromatic rings. The van der Waals surface area contributed by atoms with Gasteiger partial charge in [0.05, 0.1) is 0 Å². The molecule has 0 saturated heterocycles. The molecular weight excluding hydrogens is 252 g/mol. The van der Waals surface area contributed by atoms with E-state index in [2.05, 4.69) is 76.8 Å². The second-order valence-electron chi connectivity index (χ2n) is 5.77. The molecular formula is C21H28. The molecule has 21 heavy (non-hydrogen) atoms. The molecule has 0 aliphatic carbocycles. The summed E-state index contributed by atoms with van der Waals surface area (Å²) in [5.41, 5.74) is 7.88. The van der Waals surface area contributed by atoms with Gasteiger partial charge in [0, 0.05) is 0 Å². The number of rotatable bonds is 6. The third kappa shape index (κ3) is 5.99. The molecule has 0 unspecified atom stereocenters.